The van der Waals surface area contributed by atoms with Gasteiger partial charge in [-0.15, -0.1) is 0 Å². The second-order valence-electron chi connectivity index (χ2n) is 7.08. The van der Waals surface area contributed by atoms with E-state index in [0.29, 0.717) is 25.1 Å². The van der Waals surface area contributed by atoms with E-state index in [4.69, 9.17) is 0 Å². The molecule has 0 saturated carbocycles. The van der Waals surface area contributed by atoms with Gasteiger partial charge in [0.05, 0.1) is 22.1 Å². The molecule has 1 aromatic heterocycles. The molecule has 0 unspecified atom stereocenters. The summed E-state index contributed by atoms with van der Waals surface area (Å²) in [5, 5.41) is 2.79. The van der Waals surface area contributed by atoms with Gasteiger partial charge in [-0.1, -0.05) is 23.5 Å². The highest BCUT2D eigenvalue weighted by molar-refractivity contribution is 7.16. The molecular formula is C20H21N3O4S. The summed E-state index contributed by atoms with van der Waals surface area (Å²) in [5.41, 5.74) is 1.44. The van der Waals surface area contributed by atoms with Gasteiger partial charge in [-0.05, 0) is 38.0 Å². The van der Waals surface area contributed by atoms with Crippen LogP contribution >= 0.6 is 11.3 Å². The van der Waals surface area contributed by atoms with Gasteiger partial charge in [0.1, 0.15) is 0 Å². The van der Waals surface area contributed by atoms with Crippen LogP contribution in [0.4, 0.5) is 5.69 Å². The molecule has 2 atom stereocenters. The summed E-state index contributed by atoms with van der Waals surface area (Å²) >= 11 is 1.14. The number of nitrogens with one attached hydrogen (secondary N) is 1. The van der Waals surface area contributed by atoms with Crippen LogP contribution < -0.4 is 10.2 Å². The highest BCUT2D eigenvalue weighted by atomic mass is 32.1. The molecule has 146 valence electrons. The van der Waals surface area contributed by atoms with Crippen LogP contribution in [0.15, 0.2) is 35.1 Å². The van der Waals surface area contributed by atoms with Crippen molar-refractivity contribution in [2.75, 3.05) is 11.9 Å². The van der Waals surface area contributed by atoms with Crippen molar-refractivity contribution >= 4 is 45.0 Å². The van der Waals surface area contributed by atoms with Crippen molar-refractivity contribution in [3.8, 4) is 0 Å². The number of anilines is 1. The predicted octanol–water partition coefficient (Wildman–Crippen LogP) is 2.36. The number of fused-ring (bicyclic) bond motifs is 2. The Morgan fingerprint density at radius 3 is 2.46 bits per heavy atom. The van der Waals surface area contributed by atoms with Crippen LogP contribution in [0.3, 0.4) is 0 Å². The Morgan fingerprint density at radius 1 is 1.14 bits per heavy atom. The summed E-state index contributed by atoms with van der Waals surface area (Å²) in [6.45, 7) is 2.61. The summed E-state index contributed by atoms with van der Waals surface area (Å²) in [6.07, 6.45) is 5.13. The highest BCUT2D eigenvalue weighted by Crippen LogP contribution is 2.35. The largest absolute Gasteiger partial charge is 0.326 e. The third-order valence-electron chi connectivity index (χ3n) is 5.43. The molecule has 1 N–H and O–H groups in total. The van der Waals surface area contributed by atoms with E-state index in [2.05, 4.69) is 5.32 Å². The number of aromatic nitrogens is 1. The van der Waals surface area contributed by atoms with Gasteiger partial charge < -0.3 is 5.32 Å². The molecule has 1 aliphatic heterocycles. The monoisotopic (exact) mass is 399 g/mol. The maximum Gasteiger partial charge on any atom is 0.308 e. The van der Waals surface area contributed by atoms with Crippen LogP contribution in [0.25, 0.3) is 10.2 Å². The van der Waals surface area contributed by atoms with Crippen molar-refractivity contribution in [1.82, 2.24) is 9.47 Å². The smallest absolute Gasteiger partial charge is 0.308 e. The Labute approximate surface area is 165 Å². The normalized spacial score (nSPS) is 21.4. The quantitative estimate of drug-likeness (QED) is 0.618. The number of hydrogen-bond donors (Lipinski definition) is 1. The van der Waals surface area contributed by atoms with E-state index in [1.165, 1.54) is 4.90 Å². The minimum absolute atomic E-state index is 0.0250. The molecule has 3 amide bonds. The molecular weight excluding hydrogens is 378 g/mol. The molecule has 2 aliphatic rings. The van der Waals surface area contributed by atoms with Crippen LogP contribution in [0.1, 0.15) is 26.2 Å². The van der Waals surface area contributed by atoms with Crippen LogP contribution in [-0.4, -0.2) is 33.7 Å². The maximum atomic E-state index is 12.4. The van der Waals surface area contributed by atoms with Gasteiger partial charge in [0.2, 0.25) is 17.7 Å². The first-order chi connectivity index (χ1) is 13.5. The fourth-order valence-electron chi connectivity index (χ4n) is 3.97. The number of amides is 3. The number of imide groups is 1. The van der Waals surface area contributed by atoms with Crippen LogP contribution in [-0.2, 0) is 20.9 Å². The molecule has 7 nitrogen and oxygen atoms in total. The molecule has 0 bridgehead atoms. The van der Waals surface area contributed by atoms with Gasteiger partial charge in [-0.25, -0.2) is 0 Å². The lowest BCUT2D eigenvalue weighted by molar-refractivity contribution is -0.140. The minimum Gasteiger partial charge on any atom is -0.326 e. The number of aryl methyl sites for hydroxylation is 1. The van der Waals surface area contributed by atoms with Crippen LogP contribution in [0, 0.1) is 11.8 Å². The average molecular weight is 399 g/mol. The number of rotatable bonds is 5. The van der Waals surface area contributed by atoms with E-state index in [-0.39, 0.29) is 47.4 Å². The zero-order valence-corrected chi connectivity index (χ0v) is 16.3. The fourth-order valence-corrected chi connectivity index (χ4v) is 4.96. The van der Waals surface area contributed by atoms with E-state index in [9.17, 15) is 19.2 Å². The first-order valence-corrected chi connectivity index (χ1v) is 10.2. The molecule has 4 rings (SSSR count). The third-order valence-corrected chi connectivity index (χ3v) is 6.37. The number of carbonyl (C=O) groups is 3. The highest BCUT2D eigenvalue weighted by Gasteiger charge is 2.46. The van der Waals surface area contributed by atoms with E-state index >= 15 is 0 Å². The van der Waals surface area contributed by atoms with Gasteiger partial charge in [0.25, 0.3) is 0 Å². The van der Waals surface area contributed by atoms with E-state index in [1.54, 1.807) is 16.7 Å². The van der Waals surface area contributed by atoms with E-state index < -0.39 is 0 Å². The standard InChI is InChI=1S/C20H21N3O4S/c1-2-22-15-8-7-12(11-16(15)28-20(22)27)21-17(24)9-10-23-18(25)13-5-3-4-6-14(13)19(23)26/h3-4,7-8,11,13-14H,2,5-6,9-10H2,1H3,(H,21,24)/t13-,14+. The Morgan fingerprint density at radius 2 is 1.82 bits per heavy atom. The molecule has 1 saturated heterocycles. The number of benzene rings is 1. The summed E-state index contributed by atoms with van der Waals surface area (Å²) in [7, 11) is 0. The van der Waals surface area contributed by atoms with E-state index in [0.717, 1.165) is 21.6 Å². The lowest BCUT2D eigenvalue weighted by Crippen LogP contribution is -2.34. The predicted molar refractivity (Wildman–Crippen MR) is 107 cm³/mol. The van der Waals surface area contributed by atoms with Crippen LogP contribution in [0.5, 0.6) is 0 Å². The zero-order valence-electron chi connectivity index (χ0n) is 15.5. The number of hydrogen-bond acceptors (Lipinski definition) is 5. The van der Waals surface area contributed by atoms with Gasteiger partial charge >= 0.3 is 4.87 Å². The first kappa shape index (κ1) is 18.6. The summed E-state index contributed by atoms with van der Waals surface area (Å²) in [4.78, 5) is 50.4. The van der Waals surface area contributed by atoms with Crippen LogP contribution in [0.2, 0.25) is 0 Å². The Kier molecular flexibility index (Phi) is 4.89. The lowest BCUT2D eigenvalue weighted by Gasteiger charge is -2.14. The third kappa shape index (κ3) is 3.17. The summed E-state index contributed by atoms with van der Waals surface area (Å²) in [5.74, 6) is -1.14. The summed E-state index contributed by atoms with van der Waals surface area (Å²) < 4.78 is 2.50. The lowest BCUT2D eigenvalue weighted by atomic mass is 9.85. The van der Waals surface area contributed by atoms with Crippen molar-refractivity contribution in [1.29, 1.82) is 0 Å². The van der Waals surface area contributed by atoms with Gasteiger partial charge in [0.15, 0.2) is 0 Å². The van der Waals surface area contributed by atoms with Crippen molar-refractivity contribution < 1.29 is 14.4 Å². The topological polar surface area (TPSA) is 88.5 Å². The maximum absolute atomic E-state index is 12.4. The number of thiazole rings is 1. The molecule has 0 spiro atoms. The first-order valence-electron chi connectivity index (χ1n) is 9.43. The number of carbonyl (C=O) groups excluding carboxylic acids is 3. The van der Waals surface area contributed by atoms with Crippen molar-refractivity contribution in [2.45, 2.75) is 32.7 Å². The molecule has 8 heteroatoms. The second-order valence-corrected chi connectivity index (χ2v) is 8.07. The van der Waals surface area contributed by atoms with Gasteiger partial charge in [0, 0.05) is 25.2 Å². The molecule has 1 fully saturated rings. The van der Waals surface area contributed by atoms with Gasteiger partial charge in [-0.2, -0.15) is 0 Å². The van der Waals surface area contributed by atoms with Crippen molar-refractivity contribution in [2.24, 2.45) is 11.8 Å². The van der Waals surface area contributed by atoms with Crippen molar-refractivity contribution in [3.63, 3.8) is 0 Å². The Balaban J connectivity index is 1.40. The molecule has 1 aromatic carbocycles. The SMILES string of the molecule is CCn1c(=O)sc2cc(NC(=O)CCN3C(=O)[C@H]4CC=CC[C@H]4C3=O)ccc21. The molecule has 2 aromatic rings. The number of allylic oxidation sites excluding steroid dienone is 2. The number of likely N-dealkylation sites (tertiary alicyclic amines) is 1. The Bertz CT molecular complexity index is 1030. The molecule has 2 heterocycles. The average Bonchev–Trinajstić information content (AvgIpc) is 3.13. The zero-order chi connectivity index (χ0) is 19.8. The summed E-state index contributed by atoms with van der Waals surface area (Å²) in [6, 6.07) is 5.35. The Hall–Kier alpha value is -2.74. The van der Waals surface area contributed by atoms with Gasteiger partial charge in [-0.3, -0.25) is 28.6 Å². The molecule has 1 aliphatic carbocycles. The molecule has 0 radical (unpaired) electrons. The minimum atomic E-state index is -0.270. The van der Waals surface area contributed by atoms with E-state index in [1.807, 2.05) is 25.1 Å². The fraction of sp³-hybridized carbons (Fsp3) is 0.400. The second kappa shape index (κ2) is 7.35. The molecule has 28 heavy (non-hydrogen) atoms. The number of nitrogens with zero attached hydrogens (tertiary/aromatic N) is 2. The van der Waals surface area contributed by atoms with Crippen molar-refractivity contribution in [3.05, 3.63) is 40.0 Å².